The van der Waals surface area contributed by atoms with Gasteiger partial charge in [-0.15, -0.1) is 0 Å². The van der Waals surface area contributed by atoms with Gasteiger partial charge in [0.25, 0.3) is 0 Å². The Morgan fingerprint density at radius 3 is 2.67 bits per heavy atom. The Hall–Kier alpha value is -0.300. The van der Waals surface area contributed by atoms with E-state index in [2.05, 4.69) is 20.7 Å². The fourth-order valence-corrected chi connectivity index (χ4v) is 2.27. The second-order valence-corrected chi connectivity index (χ2v) is 5.94. The van der Waals surface area contributed by atoms with Gasteiger partial charge in [0, 0.05) is 11.0 Å². The first-order valence-electron chi connectivity index (χ1n) is 4.10. The SMILES string of the molecule is NCCS(=O)(=O)Nc1ccc(Br)c(Cl)c1. The van der Waals surface area contributed by atoms with Crippen molar-refractivity contribution in [2.75, 3.05) is 17.0 Å². The summed E-state index contributed by atoms with van der Waals surface area (Å²) in [6.45, 7) is 0.0829. The van der Waals surface area contributed by atoms with Gasteiger partial charge in [-0.1, -0.05) is 11.6 Å². The lowest BCUT2D eigenvalue weighted by molar-refractivity contribution is 0.601. The molecule has 0 saturated heterocycles. The monoisotopic (exact) mass is 312 g/mol. The van der Waals surface area contributed by atoms with Crippen LogP contribution in [0.3, 0.4) is 0 Å². The first-order valence-corrected chi connectivity index (χ1v) is 6.92. The second kappa shape index (κ2) is 5.16. The van der Waals surface area contributed by atoms with Crippen molar-refractivity contribution >= 4 is 43.2 Å². The van der Waals surface area contributed by atoms with Crippen LogP contribution in [0.1, 0.15) is 0 Å². The van der Waals surface area contributed by atoms with Crippen LogP contribution in [0, 0.1) is 0 Å². The Morgan fingerprint density at radius 2 is 2.13 bits per heavy atom. The van der Waals surface area contributed by atoms with Gasteiger partial charge in [-0.05, 0) is 34.1 Å². The maximum atomic E-state index is 11.4. The number of nitrogens with one attached hydrogen (secondary N) is 1. The molecular weight excluding hydrogens is 304 g/mol. The van der Waals surface area contributed by atoms with Gasteiger partial charge in [-0.25, -0.2) is 8.42 Å². The lowest BCUT2D eigenvalue weighted by Gasteiger charge is -2.07. The molecule has 1 aromatic carbocycles. The minimum Gasteiger partial charge on any atom is -0.329 e. The quantitative estimate of drug-likeness (QED) is 0.890. The van der Waals surface area contributed by atoms with Gasteiger partial charge in [0.1, 0.15) is 0 Å². The summed E-state index contributed by atoms with van der Waals surface area (Å²) in [6.07, 6.45) is 0. The molecule has 7 heteroatoms. The van der Waals surface area contributed by atoms with E-state index in [4.69, 9.17) is 17.3 Å². The molecule has 15 heavy (non-hydrogen) atoms. The largest absolute Gasteiger partial charge is 0.329 e. The molecule has 0 aromatic heterocycles. The van der Waals surface area contributed by atoms with Crippen LogP contribution in [0.25, 0.3) is 0 Å². The van der Waals surface area contributed by atoms with Crippen LogP contribution in [0.4, 0.5) is 5.69 Å². The molecule has 84 valence electrons. The molecule has 0 radical (unpaired) electrons. The van der Waals surface area contributed by atoms with Crippen molar-refractivity contribution in [3.05, 3.63) is 27.7 Å². The third-order valence-electron chi connectivity index (χ3n) is 1.58. The number of halogens is 2. The van der Waals surface area contributed by atoms with Crippen molar-refractivity contribution in [3.8, 4) is 0 Å². The van der Waals surface area contributed by atoms with E-state index in [9.17, 15) is 8.42 Å². The molecule has 0 spiro atoms. The van der Waals surface area contributed by atoms with E-state index < -0.39 is 10.0 Å². The fourth-order valence-electron chi connectivity index (χ4n) is 0.945. The predicted octanol–water partition coefficient (Wildman–Crippen LogP) is 1.80. The molecule has 0 fully saturated rings. The van der Waals surface area contributed by atoms with Gasteiger partial charge in [-0.3, -0.25) is 4.72 Å². The third-order valence-corrected chi connectivity index (χ3v) is 4.13. The van der Waals surface area contributed by atoms with Gasteiger partial charge in [0.05, 0.1) is 16.5 Å². The fraction of sp³-hybridized carbons (Fsp3) is 0.250. The van der Waals surface area contributed by atoms with Gasteiger partial charge >= 0.3 is 0 Å². The Morgan fingerprint density at radius 1 is 1.47 bits per heavy atom. The number of rotatable bonds is 4. The molecule has 3 N–H and O–H groups in total. The average Bonchev–Trinajstić information content (AvgIpc) is 2.10. The van der Waals surface area contributed by atoms with Crippen LogP contribution >= 0.6 is 27.5 Å². The van der Waals surface area contributed by atoms with Gasteiger partial charge in [0.15, 0.2) is 0 Å². The van der Waals surface area contributed by atoms with E-state index in [0.717, 1.165) is 0 Å². The Bertz CT molecular complexity index is 450. The molecule has 0 saturated carbocycles. The molecule has 0 aliphatic rings. The molecule has 1 aromatic rings. The molecule has 0 atom stereocenters. The lowest BCUT2D eigenvalue weighted by atomic mass is 10.3. The number of sulfonamides is 1. The highest BCUT2D eigenvalue weighted by Gasteiger charge is 2.09. The molecule has 0 heterocycles. The highest BCUT2D eigenvalue weighted by atomic mass is 79.9. The lowest BCUT2D eigenvalue weighted by Crippen LogP contribution is -2.22. The minimum atomic E-state index is -3.36. The smallest absolute Gasteiger partial charge is 0.233 e. The summed E-state index contributed by atoms with van der Waals surface area (Å²) >= 11 is 9.02. The van der Waals surface area contributed by atoms with E-state index in [1.165, 1.54) is 6.07 Å². The highest BCUT2D eigenvalue weighted by molar-refractivity contribution is 9.10. The number of nitrogens with two attached hydrogens (primary N) is 1. The number of anilines is 1. The topological polar surface area (TPSA) is 72.2 Å². The Labute approximate surface area is 102 Å². The summed E-state index contributed by atoms with van der Waals surface area (Å²) in [5.74, 6) is -0.110. The third kappa shape index (κ3) is 3.98. The average molecular weight is 314 g/mol. The van der Waals surface area contributed by atoms with Crippen LogP contribution < -0.4 is 10.5 Å². The van der Waals surface area contributed by atoms with Crippen molar-refractivity contribution in [3.63, 3.8) is 0 Å². The molecule has 0 unspecified atom stereocenters. The molecule has 4 nitrogen and oxygen atoms in total. The molecule has 0 amide bonds. The van der Waals surface area contributed by atoms with E-state index in [1.807, 2.05) is 0 Å². The zero-order valence-corrected chi connectivity index (χ0v) is 10.9. The van der Waals surface area contributed by atoms with Crippen LogP contribution in [0.15, 0.2) is 22.7 Å². The summed E-state index contributed by atoms with van der Waals surface area (Å²) in [6, 6.07) is 4.81. The van der Waals surface area contributed by atoms with Crippen LogP contribution in [0.5, 0.6) is 0 Å². The Balaban J connectivity index is 2.86. The van der Waals surface area contributed by atoms with Crippen molar-refractivity contribution in [2.24, 2.45) is 5.73 Å². The summed E-state index contributed by atoms with van der Waals surface area (Å²) in [4.78, 5) is 0. The molecule has 0 aliphatic heterocycles. The standard InChI is InChI=1S/C8H10BrClN2O2S/c9-7-2-1-6(5-8(7)10)12-15(13,14)4-3-11/h1-2,5,12H,3-4,11H2. The highest BCUT2D eigenvalue weighted by Crippen LogP contribution is 2.25. The van der Waals surface area contributed by atoms with Crippen LogP contribution in [-0.4, -0.2) is 20.7 Å². The summed E-state index contributed by atoms with van der Waals surface area (Å²) in [5.41, 5.74) is 5.60. The van der Waals surface area contributed by atoms with Gasteiger partial charge in [-0.2, -0.15) is 0 Å². The van der Waals surface area contributed by atoms with Crippen molar-refractivity contribution in [1.29, 1.82) is 0 Å². The normalized spacial score (nSPS) is 11.4. The summed E-state index contributed by atoms with van der Waals surface area (Å²) in [5, 5.41) is 0.447. The molecular formula is C8H10BrClN2O2S. The van der Waals surface area contributed by atoms with E-state index in [1.54, 1.807) is 12.1 Å². The Kier molecular flexibility index (Phi) is 4.39. The maximum absolute atomic E-state index is 11.4. The summed E-state index contributed by atoms with van der Waals surface area (Å²) < 4.78 is 25.8. The molecule has 1 rings (SSSR count). The zero-order chi connectivity index (χ0) is 11.5. The maximum Gasteiger partial charge on any atom is 0.233 e. The number of hydrogen-bond acceptors (Lipinski definition) is 3. The van der Waals surface area contributed by atoms with Gasteiger partial charge < -0.3 is 5.73 Å². The number of hydrogen-bond donors (Lipinski definition) is 2. The van der Waals surface area contributed by atoms with Crippen molar-refractivity contribution < 1.29 is 8.42 Å². The first-order chi connectivity index (χ1) is 6.94. The van der Waals surface area contributed by atoms with Crippen molar-refractivity contribution in [1.82, 2.24) is 0 Å². The zero-order valence-electron chi connectivity index (χ0n) is 7.70. The predicted molar refractivity (Wildman–Crippen MR) is 65.6 cm³/mol. The van der Waals surface area contributed by atoms with E-state index in [0.29, 0.717) is 15.2 Å². The van der Waals surface area contributed by atoms with Crippen LogP contribution in [-0.2, 0) is 10.0 Å². The van der Waals surface area contributed by atoms with E-state index in [-0.39, 0.29) is 12.3 Å². The summed E-state index contributed by atoms with van der Waals surface area (Å²) in [7, 11) is -3.36. The first kappa shape index (κ1) is 12.8. The van der Waals surface area contributed by atoms with Gasteiger partial charge in [0.2, 0.25) is 10.0 Å². The minimum absolute atomic E-state index is 0.0829. The molecule has 0 aliphatic carbocycles. The number of benzene rings is 1. The van der Waals surface area contributed by atoms with Crippen molar-refractivity contribution in [2.45, 2.75) is 0 Å². The second-order valence-electron chi connectivity index (χ2n) is 2.84. The molecule has 0 bridgehead atoms. The van der Waals surface area contributed by atoms with E-state index >= 15 is 0 Å². The van der Waals surface area contributed by atoms with Crippen LogP contribution in [0.2, 0.25) is 5.02 Å².